The first-order valence-electron chi connectivity index (χ1n) is 8.92. The predicted octanol–water partition coefficient (Wildman–Crippen LogP) is 4.90. The zero-order valence-electron chi connectivity index (χ0n) is 15.1. The van der Waals surface area contributed by atoms with E-state index in [2.05, 4.69) is 43.3 Å². The van der Waals surface area contributed by atoms with Crippen LogP contribution in [0, 0.1) is 13.8 Å². The van der Waals surface area contributed by atoms with E-state index in [0.717, 1.165) is 22.6 Å². The fraction of sp³-hybridized carbons (Fsp3) is 0.217. The first-order chi connectivity index (χ1) is 12.5. The molecule has 3 heteroatoms. The lowest BCUT2D eigenvalue weighted by Gasteiger charge is -2.35. The highest BCUT2D eigenvalue weighted by Crippen LogP contribution is 2.48. The second-order valence-corrected chi connectivity index (χ2v) is 7.10. The summed E-state index contributed by atoms with van der Waals surface area (Å²) < 4.78 is 6.13. The van der Waals surface area contributed by atoms with Crippen molar-refractivity contribution in [2.75, 3.05) is 12.3 Å². The molecule has 3 aromatic carbocycles. The van der Waals surface area contributed by atoms with Crippen molar-refractivity contribution in [1.29, 1.82) is 0 Å². The van der Waals surface area contributed by atoms with Gasteiger partial charge in [-0.3, -0.25) is 0 Å². The van der Waals surface area contributed by atoms with Crippen LogP contribution in [0.15, 0.2) is 60.7 Å². The summed E-state index contributed by atoms with van der Waals surface area (Å²) in [5.41, 5.74) is 12.3. The Kier molecular flexibility index (Phi) is 4.08. The third-order valence-corrected chi connectivity index (χ3v) is 5.32. The molecule has 0 bridgehead atoms. The van der Waals surface area contributed by atoms with Gasteiger partial charge < -0.3 is 15.6 Å². The van der Waals surface area contributed by atoms with Gasteiger partial charge in [0.25, 0.3) is 0 Å². The maximum atomic E-state index is 10.1. The first kappa shape index (κ1) is 16.5. The van der Waals surface area contributed by atoms with Crippen LogP contribution in [0.3, 0.4) is 0 Å². The van der Waals surface area contributed by atoms with E-state index in [0.29, 0.717) is 6.61 Å². The van der Waals surface area contributed by atoms with Crippen LogP contribution in [0.2, 0.25) is 0 Å². The highest BCUT2D eigenvalue weighted by atomic mass is 16.5. The Hall–Kier alpha value is -2.94. The minimum absolute atomic E-state index is 0.153. The highest BCUT2D eigenvalue weighted by Gasteiger charge is 2.34. The van der Waals surface area contributed by atoms with Gasteiger partial charge in [0, 0.05) is 28.7 Å². The van der Waals surface area contributed by atoms with Gasteiger partial charge in [-0.2, -0.15) is 0 Å². The largest absolute Gasteiger partial charge is 0.508 e. The predicted molar refractivity (Wildman–Crippen MR) is 105 cm³/mol. The maximum Gasteiger partial charge on any atom is 0.129 e. The Morgan fingerprint density at radius 3 is 2.46 bits per heavy atom. The van der Waals surface area contributed by atoms with E-state index in [9.17, 15) is 5.11 Å². The summed E-state index contributed by atoms with van der Waals surface area (Å²) in [6.45, 7) is 4.60. The topological polar surface area (TPSA) is 55.5 Å². The summed E-state index contributed by atoms with van der Waals surface area (Å²) in [7, 11) is 0. The normalized spacial score (nSPS) is 18.8. The third kappa shape index (κ3) is 2.80. The molecule has 1 heterocycles. The Balaban J connectivity index is 1.89. The molecule has 0 fully saturated rings. The Labute approximate surface area is 154 Å². The van der Waals surface area contributed by atoms with Crippen LogP contribution < -0.4 is 10.5 Å². The summed E-state index contributed by atoms with van der Waals surface area (Å²) in [5.74, 6) is 1.43. The molecule has 2 atom stereocenters. The summed E-state index contributed by atoms with van der Waals surface area (Å²) >= 11 is 0. The van der Waals surface area contributed by atoms with Gasteiger partial charge in [0.2, 0.25) is 0 Å². The summed E-state index contributed by atoms with van der Waals surface area (Å²) in [5, 5.41) is 10.1. The summed E-state index contributed by atoms with van der Waals surface area (Å²) in [6, 6.07) is 20.5. The number of anilines is 1. The van der Waals surface area contributed by atoms with Gasteiger partial charge in [0.15, 0.2) is 0 Å². The molecule has 1 aliphatic rings. The van der Waals surface area contributed by atoms with Crippen LogP contribution in [-0.2, 0) is 0 Å². The number of ether oxygens (including phenoxy) is 1. The zero-order chi connectivity index (χ0) is 18.3. The Morgan fingerprint density at radius 1 is 0.962 bits per heavy atom. The molecule has 0 aromatic heterocycles. The van der Waals surface area contributed by atoms with Gasteiger partial charge in [0.1, 0.15) is 11.5 Å². The number of phenols is 1. The van der Waals surface area contributed by atoms with E-state index in [1.165, 1.54) is 16.7 Å². The van der Waals surface area contributed by atoms with Gasteiger partial charge in [0.05, 0.1) is 6.61 Å². The molecule has 0 radical (unpaired) electrons. The molecule has 132 valence electrons. The van der Waals surface area contributed by atoms with E-state index in [4.69, 9.17) is 10.5 Å². The molecule has 0 saturated carbocycles. The first-order valence-corrected chi connectivity index (χ1v) is 8.92. The third-order valence-electron chi connectivity index (χ3n) is 5.32. The number of nitrogen functional groups attached to an aromatic ring is 1. The lowest BCUT2D eigenvalue weighted by atomic mass is 9.75. The molecule has 0 saturated heterocycles. The quantitative estimate of drug-likeness (QED) is 0.650. The Morgan fingerprint density at radius 2 is 1.73 bits per heavy atom. The number of phenolic OH excluding ortho intramolecular Hbond substituents is 1. The number of hydrogen-bond acceptors (Lipinski definition) is 3. The van der Waals surface area contributed by atoms with Crippen molar-refractivity contribution in [1.82, 2.24) is 0 Å². The molecule has 3 nitrogen and oxygen atoms in total. The second-order valence-electron chi connectivity index (χ2n) is 7.10. The monoisotopic (exact) mass is 345 g/mol. The van der Waals surface area contributed by atoms with Crippen molar-refractivity contribution in [2.45, 2.75) is 25.7 Å². The van der Waals surface area contributed by atoms with E-state index in [1.54, 1.807) is 6.07 Å². The number of hydrogen-bond donors (Lipinski definition) is 2. The SMILES string of the molecule is Cc1cccc(C2COc3c(ccc(O)c3C)C2c2ccc(N)cc2)c1. The molecule has 0 amide bonds. The van der Waals surface area contributed by atoms with E-state index >= 15 is 0 Å². The van der Waals surface area contributed by atoms with Crippen LogP contribution in [0.1, 0.15) is 39.7 Å². The van der Waals surface area contributed by atoms with Gasteiger partial charge in [-0.15, -0.1) is 0 Å². The van der Waals surface area contributed by atoms with Gasteiger partial charge in [-0.05, 0) is 43.2 Å². The van der Waals surface area contributed by atoms with Crippen LogP contribution in [-0.4, -0.2) is 11.7 Å². The fourth-order valence-corrected chi connectivity index (χ4v) is 3.93. The lowest BCUT2D eigenvalue weighted by molar-refractivity contribution is 0.246. The molecule has 0 spiro atoms. The number of rotatable bonds is 2. The van der Waals surface area contributed by atoms with Gasteiger partial charge in [-0.1, -0.05) is 48.0 Å². The van der Waals surface area contributed by atoms with Crippen molar-refractivity contribution < 1.29 is 9.84 Å². The summed E-state index contributed by atoms with van der Waals surface area (Å²) in [6.07, 6.45) is 0. The van der Waals surface area contributed by atoms with Crippen LogP contribution in [0.4, 0.5) is 5.69 Å². The smallest absolute Gasteiger partial charge is 0.129 e. The van der Waals surface area contributed by atoms with Crippen molar-refractivity contribution in [3.05, 3.63) is 88.5 Å². The minimum atomic E-state index is 0.153. The number of aryl methyl sites for hydroxylation is 1. The van der Waals surface area contributed by atoms with E-state index in [1.807, 2.05) is 25.1 Å². The molecule has 0 aliphatic carbocycles. The number of benzene rings is 3. The standard InChI is InChI=1S/C23H23NO2/c1-14-4-3-5-17(12-14)20-13-26-23-15(2)21(25)11-10-19(23)22(20)16-6-8-18(24)9-7-16/h3-12,20,22,25H,13,24H2,1-2H3. The highest BCUT2D eigenvalue weighted by molar-refractivity contribution is 5.56. The van der Waals surface area contributed by atoms with Crippen LogP contribution >= 0.6 is 0 Å². The average Bonchev–Trinajstić information content (AvgIpc) is 2.65. The molecular formula is C23H23NO2. The van der Waals surface area contributed by atoms with Gasteiger partial charge >= 0.3 is 0 Å². The molecular weight excluding hydrogens is 322 g/mol. The van der Waals surface area contributed by atoms with E-state index in [-0.39, 0.29) is 17.6 Å². The van der Waals surface area contributed by atoms with Crippen molar-refractivity contribution in [2.24, 2.45) is 0 Å². The van der Waals surface area contributed by atoms with Gasteiger partial charge in [-0.25, -0.2) is 0 Å². The molecule has 26 heavy (non-hydrogen) atoms. The number of aromatic hydroxyl groups is 1. The van der Waals surface area contributed by atoms with Crippen molar-refractivity contribution in [3.63, 3.8) is 0 Å². The number of fused-ring (bicyclic) bond motifs is 1. The van der Waals surface area contributed by atoms with E-state index < -0.39 is 0 Å². The number of nitrogens with two attached hydrogens (primary N) is 1. The lowest BCUT2D eigenvalue weighted by Crippen LogP contribution is -2.26. The van der Waals surface area contributed by atoms with Crippen molar-refractivity contribution in [3.8, 4) is 11.5 Å². The molecule has 2 unspecified atom stereocenters. The van der Waals surface area contributed by atoms with Crippen molar-refractivity contribution >= 4 is 5.69 Å². The molecule has 3 N–H and O–H groups in total. The van der Waals surface area contributed by atoms with Crippen LogP contribution in [0.5, 0.6) is 11.5 Å². The zero-order valence-corrected chi connectivity index (χ0v) is 15.1. The average molecular weight is 345 g/mol. The molecule has 4 rings (SSSR count). The van der Waals surface area contributed by atoms with Crippen LogP contribution in [0.25, 0.3) is 0 Å². The fourth-order valence-electron chi connectivity index (χ4n) is 3.93. The maximum absolute atomic E-state index is 10.1. The summed E-state index contributed by atoms with van der Waals surface area (Å²) in [4.78, 5) is 0. The molecule has 3 aromatic rings. The molecule has 1 aliphatic heterocycles. The second kappa shape index (κ2) is 6.41. The minimum Gasteiger partial charge on any atom is -0.508 e. The Bertz CT molecular complexity index is 947.